The molecule has 0 amide bonds. The summed E-state index contributed by atoms with van der Waals surface area (Å²) in [6.07, 6.45) is 4.58. The molecular weight excluding hydrogens is 326 g/mol. The van der Waals surface area contributed by atoms with Gasteiger partial charge < -0.3 is 9.64 Å². The van der Waals surface area contributed by atoms with Gasteiger partial charge >= 0.3 is 0 Å². The SMILES string of the molecule is CC(C)CCN1CCN([C@@]2(C(=O)c3ccccn3)CCO[C@H](C)C2)CC1. The van der Waals surface area contributed by atoms with Crippen molar-refractivity contribution in [2.75, 3.05) is 39.3 Å². The third-order valence-electron chi connectivity index (χ3n) is 5.86. The van der Waals surface area contributed by atoms with Gasteiger partial charge in [-0.15, -0.1) is 0 Å². The second kappa shape index (κ2) is 8.59. The molecule has 5 nitrogen and oxygen atoms in total. The number of carbonyl (C=O) groups excluding carboxylic acids is 1. The fourth-order valence-corrected chi connectivity index (χ4v) is 4.28. The van der Waals surface area contributed by atoms with Gasteiger partial charge in [-0.1, -0.05) is 19.9 Å². The molecule has 1 aromatic rings. The molecule has 1 aromatic heterocycles. The van der Waals surface area contributed by atoms with Gasteiger partial charge in [-0.2, -0.15) is 0 Å². The van der Waals surface area contributed by atoms with E-state index in [4.69, 9.17) is 4.74 Å². The smallest absolute Gasteiger partial charge is 0.201 e. The van der Waals surface area contributed by atoms with E-state index in [1.54, 1.807) is 6.20 Å². The van der Waals surface area contributed by atoms with Crippen LogP contribution in [0.15, 0.2) is 24.4 Å². The molecule has 2 atom stereocenters. The van der Waals surface area contributed by atoms with Crippen LogP contribution in [0.25, 0.3) is 0 Å². The van der Waals surface area contributed by atoms with Crippen LogP contribution in [0.4, 0.5) is 0 Å². The Labute approximate surface area is 157 Å². The molecule has 0 unspecified atom stereocenters. The van der Waals surface area contributed by atoms with Crippen LogP contribution in [-0.2, 0) is 4.74 Å². The topological polar surface area (TPSA) is 45.7 Å². The third kappa shape index (κ3) is 4.33. The Morgan fingerprint density at radius 3 is 2.69 bits per heavy atom. The van der Waals surface area contributed by atoms with Crippen LogP contribution in [0.3, 0.4) is 0 Å². The Morgan fingerprint density at radius 2 is 2.08 bits per heavy atom. The summed E-state index contributed by atoms with van der Waals surface area (Å²) in [5.74, 6) is 0.908. The lowest BCUT2D eigenvalue weighted by atomic mass is 9.79. The maximum Gasteiger partial charge on any atom is 0.201 e. The molecule has 0 saturated carbocycles. The van der Waals surface area contributed by atoms with Crippen molar-refractivity contribution >= 4 is 5.78 Å². The van der Waals surface area contributed by atoms with E-state index >= 15 is 0 Å². The zero-order valence-corrected chi connectivity index (χ0v) is 16.5. The minimum absolute atomic E-state index is 0.107. The quantitative estimate of drug-likeness (QED) is 0.731. The van der Waals surface area contributed by atoms with Gasteiger partial charge in [-0.25, -0.2) is 0 Å². The van der Waals surface area contributed by atoms with Crippen LogP contribution in [0.5, 0.6) is 0 Å². The summed E-state index contributed by atoms with van der Waals surface area (Å²) in [4.78, 5) is 22.8. The third-order valence-corrected chi connectivity index (χ3v) is 5.86. The summed E-state index contributed by atoms with van der Waals surface area (Å²) >= 11 is 0. The van der Waals surface area contributed by atoms with Crippen molar-refractivity contribution in [2.24, 2.45) is 5.92 Å². The molecule has 2 saturated heterocycles. The average Bonchev–Trinajstić information content (AvgIpc) is 2.66. The first-order valence-electron chi connectivity index (χ1n) is 10.1. The van der Waals surface area contributed by atoms with Gasteiger partial charge in [0.1, 0.15) is 5.69 Å². The first-order chi connectivity index (χ1) is 12.5. The number of Topliss-reactive ketones (excluding diaryl/α,β-unsaturated/α-hetero) is 1. The molecule has 0 aromatic carbocycles. The fourth-order valence-electron chi connectivity index (χ4n) is 4.28. The molecule has 0 radical (unpaired) electrons. The van der Waals surface area contributed by atoms with Crippen molar-refractivity contribution in [1.29, 1.82) is 0 Å². The lowest BCUT2D eigenvalue weighted by molar-refractivity contribution is -0.0644. The highest BCUT2D eigenvalue weighted by Crippen LogP contribution is 2.35. The van der Waals surface area contributed by atoms with Crippen LogP contribution in [0.2, 0.25) is 0 Å². The minimum Gasteiger partial charge on any atom is -0.378 e. The second-order valence-electron chi connectivity index (χ2n) is 8.22. The second-order valence-corrected chi connectivity index (χ2v) is 8.22. The molecule has 26 heavy (non-hydrogen) atoms. The monoisotopic (exact) mass is 359 g/mol. The van der Waals surface area contributed by atoms with Crippen molar-refractivity contribution in [3.05, 3.63) is 30.1 Å². The number of rotatable bonds is 6. The van der Waals surface area contributed by atoms with Crippen LogP contribution in [0.1, 0.15) is 50.5 Å². The number of pyridine rings is 1. The molecule has 5 heteroatoms. The Kier molecular flexibility index (Phi) is 6.43. The average molecular weight is 360 g/mol. The zero-order chi connectivity index (χ0) is 18.6. The molecule has 2 aliphatic heterocycles. The summed E-state index contributed by atoms with van der Waals surface area (Å²) in [7, 11) is 0. The first-order valence-corrected chi connectivity index (χ1v) is 10.1. The van der Waals surface area contributed by atoms with E-state index in [1.165, 1.54) is 6.42 Å². The molecule has 2 aliphatic rings. The molecule has 3 rings (SSSR count). The maximum atomic E-state index is 13.5. The largest absolute Gasteiger partial charge is 0.378 e. The number of hydrogen-bond acceptors (Lipinski definition) is 5. The van der Waals surface area contributed by atoms with Gasteiger partial charge in [0.05, 0.1) is 11.6 Å². The maximum absolute atomic E-state index is 13.5. The Morgan fingerprint density at radius 1 is 1.31 bits per heavy atom. The van der Waals surface area contributed by atoms with E-state index in [0.29, 0.717) is 12.3 Å². The molecule has 3 heterocycles. The summed E-state index contributed by atoms with van der Waals surface area (Å²) in [6, 6.07) is 5.62. The van der Waals surface area contributed by atoms with Gasteiger partial charge in [-0.3, -0.25) is 14.7 Å². The highest BCUT2D eigenvalue weighted by atomic mass is 16.5. The predicted octanol–water partition coefficient (Wildman–Crippen LogP) is 2.87. The van der Waals surface area contributed by atoms with Crippen LogP contribution in [0, 0.1) is 5.92 Å². The summed E-state index contributed by atoms with van der Waals surface area (Å²) in [5.41, 5.74) is 0.125. The van der Waals surface area contributed by atoms with E-state index in [9.17, 15) is 4.79 Å². The molecule has 0 N–H and O–H groups in total. The van der Waals surface area contributed by atoms with E-state index < -0.39 is 5.54 Å². The molecule has 0 spiro atoms. The van der Waals surface area contributed by atoms with Gasteiger partial charge in [0, 0.05) is 39.0 Å². The van der Waals surface area contributed by atoms with Crippen LogP contribution >= 0.6 is 0 Å². The van der Waals surface area contributed by atoms with Crippen molar-refractivity contribution < 1.29 is 9.53 Å². The molecule has 0 aliphatic carbocycles. The normalized spacial score (nSPS) is 28.4. The lowest BCUT2D eigenvalue weighted by Gasteiger charge is -2.49. The highest BCUT2D eigenvalue weighted by Gasteiger charge is 2.48. The minimum atomic E-state index is -0.462. The van der Waals surface area contributed by atoms with E-state index in [2.05, 4.69) is 35.6 Å². The van der Waals surface area contributed by atoms with Crippen LogP contribution < -0.4 is 0 Å². The standard InChI is InChI=1S/C21H33N3O2/c1-17(2)7-10-23-11-13-24(14-12-23)21(8-15-26-18(3)16-21)20(25)19-6-4-5-9-22-19/h4-6,9,17-18H,7-8,10-16H2,1-3H3/t18-,21+/m1/s1. The predicted molar refractivity (Wildman–Crippen MR) is 103 cm³/mol. The summed E-state index contributed by atoms with van der Waals surface area (Å²) in [5, 5.41) is 0. The number of hydrogen-bond donors (Lipinski definition) is 0. The Hall–Kier alpha value is -1.30. The molecule has 2 fully saturated rings. The molecule has 144 valence electrons. The first kappa shape index (κ1) is 19.5. The number of ketones is 1. The number of carbonyl (C=O) groups is 1. The number of nitrogens with zero attached hydrogens (tertiary/aromatic N) is 3. The number of ether oxygens (including phenoxy) is 1. The Balaban J connectivity index is 1.74. The lowest BCUT2D eigenvalue weighted by Crippen LogP contribution is -2.63. The number of piperazine rings is 1. The molecule has 0 bridgehead atoms. The van der Waals surface area contributed by atoms with E-state index in [0.717, 1.165) is 51.5 Å². The summed E-state index contributed by atoms with van der Waals surface area (Å²) < 4.78 is 5.79. The zero-order valence-electron chi connectivity index (χ0n) is 16.5. The van der Waals surface area contributed by atoms with Gasteiger partial charge in [-0.05, 0) is 50.8 Å². The Bertz CT molecular complexity index is 584. The van der Waals surface area contributed by atoms with Gasteiger partial charge in [0.15, 0.2) is 0 Å². The van der Waals surface area contributed by atoms with Gasteiger partial charge in [0.2, 0.25) is 5.78 Å². The van der Waals surface area contributed by atoms with Crippen molar-refractivity contribution in [1.82, 2.24) is 14.8 Å². The van der Waals surface area contributed by atoms with Gasteiger partial charge in [0.25, 0.3) is 0 Å². The molecular formula is C21H33N3O2. The number of aromatic nitrogens is 1. The van der Waals surface area contributed by atoms with Crippen molar-refractivity contribution in [3.8, 4) is 0 Å². The van der Waals surface area contributed by atoms with E-state index in [1.807, 2.05) is 18.2 Å². The van der Waals surface area contributed by atoms with E-state index in [-0.39, 0.29) is 11.9 Å². The highest BCUT2D eigenvalue weighted by molar-refractivity contribution is 6.01. The van der Waals surface area contributed by atoms with Crippen molar-refractivity contribution in [2.45, 2.75) is 51.7 Å². The fraction of sp³-hybridized carbons (Fsp3) is 0.714. The summed E-state index contributed by atoms with van der Waals surface area (Å²) in [6.45, 7) is 12.4. The van der Waals surface area contributed by atoms with Crippen LogP contribution in [-0.4, -0.2) is 71.5 Å². The van der Waals surface area contributed by atoms with Crippen molar-refractivity contribution in [3.63, 3.8) is 0 Å².